The van der Waals surface area contributed by atoms with E-state index in [4.69, 9.17) is 5.11 Å². The first-order chi connectivity index (χ1) is 9.85. The lowest BCUT2D eigenvalue weighted by atomic mass is 10.2. The number of anilines is 1. The molecule has 2 amide bonds. The molecule has 0 fully saturated rings. The summed E-state index contributed by atoms with van der Waals surface area (Å²) in [6.45, 7) is 0. The van der Waals surface area contributed by atoms with Crippen molar-refractivity contribution in [1.29, 1.82) is 0 Å². The molecule has 7 nitrogen and oxygen atoms in total. The molecule has 0 saturated heterocycles. The molecular weight excluding hydrogens is 290 g/mol. The Labute approximate surface area is 117 Å². The van der Waals surface area contributed by atoms with Crippen LogP contribution in [0.4, 0.5) is 19.3 Å². The summed E-state index contributed by atoms with van der Waals surface area (Å²) in [4.78, 5) is 33.4. The highest BCUT2D eigenvalue weighted by Crippen LogP contribution is 2.16. The second kappa shape index (κ2) is 7.17. The van der Waals surface area contributed by atoms with Crippen molar-refractivity contribution in [3.8, 4) is 0 Å². The molecule has 0 aromatic heterocycles. The largest absolute Gasteiger partial charge is 0.480 e. The molecule has 3 N–H and O–H groups in total. The standard InChI is InChI=1S/C12H12F2N2O5/c1-21-9(17)5-8(11(18)19)16-12(20)15-7-4-2-3-6(13)10(7)14/h2-4,8H,5H2,1H3,(H,18,19)(H2,15,16,20)/t8-/m0/s1. The summed E-state index contributed by atoms with van der Waals surface area (Å²) in [5.74, 6) is -4.78. The molecule has 0 radical (unpaired) electrons. The maximum atomic E-state index is 13.3. The van der Waals surface area contributed by atoms with E-state index in [9.17, 15) is 23.2 Å². The molecule has 1 aromatic carbocycles. The lowest BCUT2D eigenvalue weighted by Gasteiger charge is -2.14. The van der Waals surface area contributed by atoms with E-state index in [-0.39, 0.29) is 0 Å². The predicted molar refractivity (Wildman–Crippen MR) is 66.6 cm³/mol. The number of nitrogens with one attached hydrogen (secondary N) is 2. The van der Waals surface area contributed by atoms with Crippen LogP contribution < -0.4 is 10.6 Å². The van der Waals surface area contributed by atoms with E-state index in [1.165, 1.54) is 0 Å². The monoisotopic (exact) mass is 302 g/mol. The van der Waals surface area contributed by atoms with Crippen molar-refractivity contribution < 1.29 is 33.0 Å². The van der Waals surface area contributed by atoms with E-state index in [0.29, 0.717) is 0 Å². The zero-order valence-corrected chi connectivity index (χ0v) is 10.9. The van der Waals surface area contributed by atoms with Gasteiger partial charge < -0.3 is 20.5 Å². The second-order valence-corrected chi connectivity index (χ2v) is 3.87. The van der Waals surface area contributed by atoms with Crippen molar-refractivity contribution in [1.82, 2.24) is 5.32 Å². The molecule has 0 heterocycles. The number of methoxy groups -OCH3 is 1. The molecule has 9 heteroatoms. The molecule has 0 aliphatic heterocycles. The third kappa shape index (κ3) is 4.71. The van der Waals surface area contributed by atoms with Crippen LogP contribution in [0.5, 0.6) is 0 Å². The van der Waals surface area contributed by atoms with E-state index in [0.717, 1.165) is 25.3 Å². The molecule has 0 unspecified atom stereocenters. The second-order valence-electron chi connectivity index (χ2n) is 3.87. The van der Waals surface area contributed by atoms with Crippen LogP contribution in [0, 0.1) is 11.6 Å². The Bertz CT molecular complexity index is 565. The van der Waals surface area contributed by atoms with Crippen LogP contribution in [0.25, 0.3) is 0 Å². The van der Waals surface area contributed by atoms with Crippen LogP contribution in [-0.4, -0.2) is 36.2 Å². The maximum absolute atomic E-state index is 13.3. The zero-order chi connectivity index (χ0) is 16.0. The third-order valence-corrected chi connectivity index (χ3v) is 2.40. The Kier molecular flexibility index (Phi) is 5.58. The van der Waals surface area contributed by atoms with Crippen LogP contribution >= 0.6 is 0 Å². The number of amides is 2. The van der Waals surface area contributed by atoms with Gasteiger partial charge in [-0.2, -0.15) is 0 Å². The van der Waals surface area contributed by atoms with E-state index in [1.54, 1.807) is 0 Å². The minimum atomic E-state index is -1.56. The van der Waals surface area contributed by atoms with Gasteiger partial charge in [-0.25, -0.2) is 18.4 Å². The van der Waals surface area contributed by atoms with E-state index < -0.39 is 47.8 Å². The summed E-state index contributed by atoms with van der Waals surface area (Å²) in [5, 5.41) is 12.7. The number of hydrogen-bond donors (Lipinski definition) is 3. The fourth-order valence-electron chi connectivity index (χ4n) is 1.37. The molecule has 1 rings (SSSR count). The number of carboxylic acid groups (broad SMARTS) is 1. The summed E-state index contributed by atoms with van der Waals surface area (Å²) in [7, 11) is 1.06. The number of aliphatic carboxylic acids is 1. The average molecular weight is 302 g/mol. The molecule has 21 heavy (non-hydrogen) atoms. The molecule has 0 aliphatic rings. The van der Waals surface area contributed by atoms with Gasteiger partial charge in [0, 0.05) is 0 Å². The van der Waals surface area contributed by atoms with Gasteiger partial charge >= 0.3 is 18.0 Å². The number of carboxylic acids is 1. The number of carbonyl (C=O) groups is 3. The fraction of sp³-hybridized carbons (Fsp3) is 0.250. The van der Waals surface area contributed by atoms with Crippen LogP contribution in [0.2, 0.25) is 0 Å². The van der Waals surface area contributed by atoms with Gasteiger partial charge in [-0.1, -0.05) is 6.07 Å². The number of carbonyl (C=O) groups excluding carboxylic acids is 2. The van der Waals surface area contributed by atoms with Gasteiger partial charge in [-0.05, 0) is 12.1 Å². The van der Waals surface area contributed by atoms with Crippen molar-refractivity contribution in [3.05, 3.63) is 29.8 Å². The Morgan fingerprint density at radius 3 is 2.57 bits per heavy atom. The predicted octanol–water partition coefficient (Wildman–Crippen LogP) is 1.10. The van der Waals surface area contributed by atoms with Crippen LogP contribution in [-0.2, 0) is 14.3 Å². The first-order valence-electron chi connectivity index (χ1n) is 5.66. The van der Waals surface area contributed by atoms with E-state index >= 15 is 0 Å². The molecule has 0 aliphatic carbocycles. The molecule has 0 spiro atoms. The fourth-order valence-corrected chi connectivity index (χ4v) is 1.37. The smallest absolute Gasteiger partial charge is 0.326 e. The number of benzene rings is 1. The van der Waals surface area contributed by atoms with Crippen LogP contribution in [0.1, 0.15) is 6.42 Å². The first-order valence-corrected chi connectivity index (χ1v) is 5.66. The summed E-state index contributed by atoms with van der Waals surface area (Å²) in [6, 6.07) is 0.450. The van der Waals surface area contributed by atoms with Gasteiger partial charge in [0.2, 0.25) is 0 Å². The number of urea groups is 1. The van der Waals surface area contributed by atoms with Crippen molar-refractivity contribution >= 4 is 23.7 Å². The number of rotatable bonds is 5. The van der Waals surface area contributed by atoms with Gasteiger partial charge in [0.15, 0.2) is 11.6 Å². The number of ether oxygens (including phenoxy) is 1. The topological polar surface area (TPSA) is 105 Å². The summed E-state index contributed by atoms with van der Waals surface area (Å²) >= 11 is 0. The van der Waals surface area contributed by atoms with Crippen molar-refractivity contribution in [2.75, 3.05) is 12.4 Å². The van der Waals surface area contributed by atoms with E-state index in [2.05, 4.69) is 4.74 Å². The minimum Gasteiger partial charge on any atom is -0.480 e. The summed E-state index contributed by atoms with van der Waals surface area (Å²) in [6.07, 6.45) is -0.606. The van der Waals surface area contributed by atoms with Gasteiger partial charge in [0.05, 0.1) is 19.2 Å². The number of hydrogen-bond acceptors (Lipinski definition) is 4. The number of esters is 1. The SMILES string of the molecule is COC(=O)C[C@H](NC(=O)Nc1cccc(F)c1F)C(=O)O. The third-order valence-electron chi connectivity index (χ3n) is 2.40. The molecule has 114 valence electrons. The highest BCUT2D eigenvalue weighted by molar-refractivity contribution is 5.93. The summed E-state index contributed by atoms with van der Waals surface area (Å²) in [5.41, 5.74) is -0.463. The minimum absolute atomic E-state index is 0.463. The maximum Gasteiger partial charge on any atom is 0.326 e. The zero-order valence-electron chi connectivity index (χ0n) is 10.9. The Morgan fingerprint density at radius 1 is 1.33 bits per heavy atom. The van der Waals surface area contributed by atoms with Crippen molar-refractivity contribution in [2.24, 2.45) is 0 Å². The molecule has 0 saturated carbocycles. The van der Waals surface area contributed by atoms with Crippen molar-refractivity contribution in [3.63, 3.8) is 0 Å². The van der Waals surface area contributed by atoms with E-state index in [1.807, 2.05) is 10.6 Å². The van der Waals surface area contributed by atoms with Crippen LogP contribution in [0.15, 0.2) is 18.2 Å². The highest BCUT2D eigenvalue weighted by atomic mass is 19.2. The van der Waals surface area contributed by atoms with Gasteiger partial charge in [0.1, 0.15) is 6.04 Å². The average Bonchev–Trinajstić information content (AvgIpc) is 2.42. The lowest BCUT2D eigenvalue weighted by molar-refractivity contribution is -0.147. The molecule has 1 atom stereocenters. The van der Waals surface area contributed by atoms with Gasteiger partial charge in [-0.3, -0.25) is 4.79 Å². The quantitative estimate of drug-likeness (QED) is 0.706. The molecule has 0 bridgehead atoms. The van der Waals surface area contributed by atoms with Gasteiger partial charge in [-0.15, -0.1) is 0 Å². The number of halogens is 2. The van der Waals surface area contributed by atoms with Crippen molar-refractivity contribution in [2.45, 2.75) is 12.5 Å². The molecular formula is C12H12F2N2O5. The molecule has 1 aromatic rings. The first kappa shape index (κ1) is 16.3. The highest BCUT2D eigenvalue weighted by Gasteiger charge is 2.24. The van der Waals surface area contributed by atoms with Crippen LogP contribution in [0.3, 0.4) is 0 Å². The Hall–Kier alpha value is -2.71. The Morgan fingerprint density at radius 2 is 2.00 bits per heavy atom. The Balaban J connectivity index is 2.72. The van der Waals surface area contributed by atoms with Gasteiger partial charge in [0.25, 0.3) is 0 Å². The lowest BCUT2D eigenvalue weighted by Crippen LogP contribution is -2.44. The summed E-state index contributed by atoms with van der Waals surface area (Å²) < 4.78 is 30.5. The normalized spacial score (nSPS) is 11.4.